The van der Waals surface area contributed by atoms with Crippen molar-refractivity contribution in [2.75, 3.05) is 5.33 Å². The molecule has 0 N–H and O–H groups in total. The van der Waals surface area contributed by atoms with Gasteiger partial charge >= 0.3 is 0 Å². The monoisotopic (exact) mass is 363 g/mol. The van der Waals surface area contributed by atoms with Gasteiger partial charge in [-0.05, 0) is 47.2 Å². The van der Waals surface area contributed by atoms with E-state index in [-0.39, 0.29) is 5.78 Å². The van der Waals surface area contributed by atoms with E-state index in [9.17, 15) is 4.79 Å². The van der Waals surface area contributed by atoms with Gasteiger partial charge in [0.05, 0.1) is 10.9 Å². The van der Waals surface area contributed by atoms with Crippen molar-refractivity contribution < 1.29 is 4.79 Å². The minimum Gasteiger partial charge on any atom is -0.293 e. The molecule has 0 aliphatic carbocycles. The summed E-state index contributed by atoms with van der Waals surface area (Å²) >= 11 is 5.21. The fourth-order valence-corrected chi connectivity index (χ4v) is 2.18. The van der Waals surface area contributed by atoms with Gasteiger partial charge in [0, 0.05) is 9.13 Å². The minimum atomic E-state index is 0.00963. The summed E-state index contributed by atoms with van der Waals surface area (Å²) in [5, 5.41) is 9.10. The predicted octanol–water partition coefficient (Wildman–Crippen LogP) is 3.05. The van der Waals surface area contributed by atoms with Crippen LogP contribution in [0, 0.1) is 21.8 Å². The van der Waals surface area contributed by atoms with E-state index in [2.05, 4.69) is 44.6 Å². The van der Waals surface area contributed by atoms with E-state index in [1.165, 1.54) is 0 Å². The molecule has 0 amide bonds. The van der Waals surface area contributed by atoms with E-state index in [4.69, 9.17) is 5.26 Å². The normalized spacial score (nSPS) is 9.57. The first-order chi connectivity index (χ1) is 6.60. The summed E-state index contributed by atoms with van der Waals surface area (Å²) in [5.74, 6) is 0.00963. The molecule has 72 valence electrons. The first-order valence-corrected chi connectivity index (χ1v) is 6.09. The van der Waals surface area contributed by atoms with Crippen molar-refractivity contribution in [3.8, 4) is 6.07 Å². The Morgan fingerprint density at radius 1 is 1.64 bits per heavy atom. The zero-order valence-corrected chi connectivity index (χ0v) is 11.2. The van der Waals surface area contributed by atoms with Crippen LogP contribution in [-0.4, -0.2) is 11.1 Å². The first kappa shape index (κ1) is 11.7. The van der Waals surface area contributed by atoms with Crippen molar-refractivity contribution in [2.45, 2.75) is 6.92 Å². The molecule has 4 heteroatoms. The lowest BCUT2D eigenvalue weighted by molar-refractivity contribution is 0.102. The third kappa shape index (κ3) is 2.34. The molecule has 0 saturated carbocycles. The molecule has 0 spiro atoms. The number of nitrogens with zero attached hydrogens (tertiary/aromatic N) is 1. The molecule has 0 atom stereocenters. The highest BCUT2D eigenvalue weighted by molar-refractivity contribution is 14.1. The number of carbonyl (C=O) groups excluding carboxylic acids is 1. The summed E-state index contributed by atoms with van der Waals surface area (Å²) in [6, 6.07) is 5.58. The minimum absolute atomic E-state index is 0.00963. The molecule has 0 aliphatic rings. The highest BCUT2D eigenvalue weighted by Crippen LogP contribution is 2.18. The molecule has 0 heterocycles. The second-order valence-corrected chi connectivity index (χ2v) is 4.54. The van der Waals surface area contributed by atoms with Gasteiger partial charge in [0.2, 0.25) is 0 Å². The molecule has 0 aromatic heterocycles. The zero-order chi connectivity index (χ0) is 10.7. The van der Waals surface area contributed by atoms with Gasteiger partial charge in [-0.3, -0.25) is 4.79 Å². The van der Waals surface area contributed by atoms with Crippen molar-refractivity contribution in [3.05, 3.63) is 32.4 Å². The lowest BCUT2D eigenvalue weighted by atomic mass is 10.0. The summed E-state index contributed by atoms with van der Waals surface area (Å²) in [5.41, 5.74) is 2.09. The Morgan fingerprint density at radius 2 is 2.29 bits per heavy atom. The fraction of sp³-hybridized carbons (Fsp3) is 0.200. The van der Waals surface area contributed by atoms with Crippen LogP contribution in [0.4, 0.5) is 0 Å². The van der Waals surface area contributed by atoms with Gasteiger partial charge in [-0.1, -0.05) is 15.9 Å². The molecule has 2 nitrogen and oxygen atoms in total. The van der Waals surface area contributed by atoms with Crippen LogP contribution in [0.1, 0.15) is 21.5 Å². The number of aryl methyl sites for hydroxylation is 1. The summed E-state index contributed by atoms with van der Waals surface area (Å²) < 4.78 is 0.883. The number of benzene rings is 1. The first-order valence-electron chi connectivity index (χ1n) is 3.89. The quantitative estimate of drug-likeness (QED) is 0.460. The van der Waals surface area contributed by atoms with Crippen molar-refractivity contribution >= 4 is 44.3 Å². The highest BCUT2D eigenvalue weighted by Gasteiger charge is 2.10. The number of Topliss-reactive ketones (excluding diaryl/α,β-unsaturated/α-hetero) is 1. The zero-order valence-electron chi connectivity index (χ0n) is 7.47. The van der Waals surface area contributed by atoms with Gasteiger partial charge in [-0.2, -0.15) is 5.26 Å². The SMILES string of the molecule is Cc1cc(I)c(C#N)cc1C(=O)CBr. The van der Waals surface area contributed by atoms with Crippen molar-refractivity contribution in [1.29, 1.82) is 5.26 Å². The van der Waals surface area contributed by atoms with E-state index in [1.54, 1.807) is 6.07 Å². The molecule has 0 bridgehead atoms. The Balaban J connectivity index is 3.33. The van der Waals surface area contributed by atoms with E-state index >= 15 is 0 Å². The highest BCUT2D eigenvalue weighted by atomic mass is 127. The maximum absolute atomic E-state index is 11.5. The molecule has 1 rings (SSSR count). The average molecular weight is 364 g/mol. The predicted molar refractivity (Wildman–Crippen MR) is 66.7 cm³/mol. The van der Waals surface area contributed by atoms with Crippen LogP contribution in [0.2, 0.25) is 0 Å². The Morgan fingerprint density at radius 3 is 2.79 bits per heavy atom. The number of rotatable bonds is 2. The van der Waals surface area contributed by atoms with Crippen LogP contribution in [0.5, 0.6) is 0 Å². The van der Waals surface area contributed by atoms with E-state index < -0.39 is 0 Å². The Labute approximate surface area is 105 Å². The van der Waals surface area contributed by atoms with Crippen LogP contribution >= 0.6 is 38.5 Å². The van der Waals surface area contributed by atoms with E-state index in [0.717, 1.165) is 9.13 Å². The smallest absolute Gasteiger partial charge is 0.173 e. The van der Waals surface area contributed by atoms with Gasteiger partial charge in [-0.15, -0.1) is 0 Å². The van der Waals surface area contributed by atoms with E-state index in [0.29, 0.717) is 16.5 Å². The molecule has 0 fully saturated rings. The lowest BCUT2D eigenvalue weighted by Gasteiger charge is -2.04. The van der Waals surface area contributed by atoms with Gasteiger partial charge in [0.25, 0.3) is 0 Å². The second-order valence-electron chi connectivity index (χ2n) is 2.82. The van der Waals surface area contributed by atoms with Crippen molar-refractivity contribution in [1.82, 2.24) is 0 Å². The number of halogens is 2. The Bertz CT molecular complexity index is 423. The maximum atomic E-state index is 11.5. The van der Waals surface area contributed by atoms with Gasteiger partial charge in [0.1, 0.15) is 6.07 Å². The molecule has 1 aromatic rings. The topological polar surface area (TPSA) is 40.9 Å². The van der Waals surface area contributed by atoms with E-state index in [1.807, 2.05) is 13.0 Å². The third-order valence-corrected chi connectivity index (χ3v) is 3.26. The third-order valence-electron chi connectivity index (χ3n) is 1.86. The maximum Gasteiger partial charge on any atom is 0.173 e. The molecular formula is C10H7BrINO. The standard InChI is InChI=1S/C10H7BrINO/c1-6-2-9(12)7(5-13)3-8(6)10(14)4-11/h2-3H,4H2,1H3. The van der Waals surface area contributed by atoms with Crippen molar-refractivity contribution in [2.24, 2.45) is 0 Å². The molecular weight excluding hydrogens is 357 g/mol. The van der Waals surface area contributed by atoms with Gasteiger partial charge in [-0.25, -0.2) is 0 Å². The summed E-state index contributed by atoms with van der Waals surface area (Å²) in [4.78, 5) is 11.5. The van der Waals surface area contributed by atoms with Crippen molar-refractivity contribution in [3.63, 3.8) is 0 Å². The largest absolute Gasteiger partial charge is 0.293 e. The number of ketones is 1. The molecule has 0 saturated heterocycles. The van der Waals surface area contributed by atoms with Crippen LogP contribution in [0.15, 0.2) is 12.1 Å². The molecule has 1 aromatic carbocycles. The number of nitriles is 1. The van der Waals surface area contributed by atoms with Crippen LogP contribution in [0.25, 0.3) is 0 Å². The number of carbonyl (C=O) groups is 1. The fourth-order valence-electron chi connectivity index (χ4n) is 1.13. The van der Waals surface area contributed by atoms with Gasteiger partial charge < -0.3 is 0 Å². The molecule has 0 radical (unpaired) electrons. The summed E-state index contributed by atoms with van der Waals surface area (Å²) in [7, 11) is 0. The Hall–Kier alpha value is -0.410. The Kier molecular flexibility index (Phi) is 4.08. The average Bonchev–Trinajstić information content (AvgIpc) is 2.17. The number of alkyl halides is 1. The van der Waals surface area contributed by atoms with Crippen LogP contribution < -0.4 is 0 Å². The summed E-state index contributed by atoms with van der Waals surface area (Å²) in [6.45, 7) is 1.87. The number of hydrogen-bond donors (Lipinski definition) is 0. The molecule has 0 unspecified atom stereocenters. The van der Waals surface area contributed by atoms with Gasteiger partial charge in [0.15, 0.2) is 5.78 Å². The second kappa shape index (κ2) is 4.89. The van der Waals surface area contributed by atoms with Crippen LogP contribution in [-0.2, 0) is 0 Å². The molecule has 0 aliphatic heterocycles. The molecule has 14 heavy (non-hydrogen) atoms. The summed E-state index contributed by atoms with van der Waals surface area (Å²) in [6.07, 6.45) is 0. The van der Waals surface area contributed by atoms with Crippen LogP contribution in [0.3, 0.4) is 0 Å². The number of hydrogen-bond acceptors (Lipinski definition) is 2. The lowest BCUT2D eigenvalue weighted by Crippen LogP contribution is -2.04.